The highest BCUT2D eigenvalue weighted by Crippen LogP contribution is 2.38. The zero-order valence-corrected chi connectivity index (χ0v) is 15.5. The normalized spacial score (nSPS) is 16.2. The van der Waals surface area contributed by atoms with Crippen LogP contribution >= 0.6 is 0 Å². The summed E-state index contributed by atoms with van der Waals surface area (Å²) in [5.74, 6) is 0.143. The molecular weight excluding hydrogens is 358 g/mol. The second-order valence-corrected chi connectivity index (χ2v) is 6.57. The van der Waals surface area contributed by atoms with E-state index >= 15 is 0 Å². The van der Waals surface area contributed by atoms with Crippen LogP contribution in [-0.2, 0) is 0 Å². The first-order chi connectivity index (χ1) is 13.7. The lowest BCUT2D eigenvalue weighted by molar-refractivity contribution is 0.340. The standard InChI is InChI=1S/C23H20F2N2O/c1-2-28-19-12-10-16(11-13-19)22-15-23(20-8-3-4-9-21(20)25)27(26-22)18-7-5-6-17(24)14-18/h3-14,23H,2,15H2,1H3/t23-/m0/s1. The third kappa shape index (κ3) is 3.60. The predicted octanol–water partition coefficient (Wildman–Crippen LogP) is 5.72. The van der Waals surface area contributed by atoms with Gasteiger partial charge in [0.2, 0.25) is 0 Å². The van der Waals surface area contributed by atoms with Crippen molar-refractivity contribution < 1.29 is 13.5 Å². The second kappa shape index (κ2) is 7.80. The van der Waals surface area contributed by atoms with Crippen molar-refractivity contribution in [3.05, 3.63) is 95.6 Å². The highest BCUT2D eigenvalue weighted by molar-refractivity contribution is 6.03. The Hall–Kier alpha value is -3.21. The van der Waals surface area contributed by atoms with Crippen LogP contribution in [0.1, 0.15) is 30.5 Å². The molecule has 0 aromatic heterocycles. The molecule has 3 nitrogen and oxygen atoms in total. The highest BCUT2D eigenvalue weighted by Gasteiger charge is 2.31. The number of halogens is 2. The molecule has 0 aliphatic carbocycles. The first-order valence-electron chi connectivity index (χ1n) is 9.25. The lowest BCUT2D eigenvalue weighted by Gasteiger charge is -2.24. The quantitative estimate of drug-likeness (QED) is 0.567. The molecule has 0 amide bonds. The van der Waals surface area contributed by atoms with Crippen molar-refractivity contribution in [3.63, 3.8) is 0 Å². The molecule has 5 heteroatoms. The van der Waals surface area contributed by atoms with Crippen molar-refractivity contribution in [3.8, 4) is 5.75 Å². The fraction of sp³-hybridized carbons (Fsp3) is 0.174. The van der Waals surface area contributed by atoms with Gasteiger partial charge in [0.15, 0.2) is 0 Å². The van der Waals surface area contributed by atoms with Gasteiger partial charge in [-0.2, -0.15) is 5.10 Å². The largest absolute Gasteiger partial charge is 0.494 e. The Balaban J connectivity index is 1.72. The summed E-state index contributed by atoms with van der Waals surface area (Å²) in [7, 11) is 0. The van der Waals surface area contributed by atoms with Gasteiger partial charge in [0.25, 0.3) is 0 Å². The number of hydrazone groups is 1. The smallest absolute Gasteiger partial charge is 0.128 e. The number of hydrogen-bond donors (Lipinski definition) is 0. The Bertz CT molecular complexity index is 1000. The molecular formula is C23H20F2N2O. The number of hydrogen-bond acceptors (Lipinski definition) is 3. The van der Waals surface area contributed by atoms with E-state index in [0.717, 1.165) is 17.0 Å². The van der Waals surface area contributed by atoms with Crippen LogP contribution in [0.5, 0.6) is 5.75 Å². The third-order valence-electron chi connectivity index (χ3n) is 4.75. The monoisotopic (exact) mass is 378 g/mol. The van der Waals surface area contributed by atoms with Gasteiger partial charge < -0.3 is 4.74 Å². The van der Waals surface area contributed by atoms with Gasteiger partial charge in [-0.1, -0.05) is 24.3 Å². The summed E-state index contributed by atoms with van der Waals surface area (Å²) in [5, 5.41) is 6.42. The summed E-state index contributed by atoms with van der Waals surface area (Å²) < 4.78 is 33.8. The molecule has 0 saturated carbocycles. The van der Waals surface area contributed by atoms with E-state index in [4.69, 9.17) is 9.84 Å². The van der Waals surface area contributed by atoms with Crippen molar-refractivity contribution in [2.24, 2.45) is 5.10 Å². The van der Waals surface area contributed by atoms with Crippen LogP contribution in [0, 0.1) is 11.6 Å². The highest BCUT2D eigenvalue weighted by atomic mass is 19.1. The molecule has 0 unspecified atom stereocenters. The predicted molar refractivity (Wildman–Crippen MR) is 107 cm³/mol. The number of ether oxygens (including phenoxy) is 1. The lowest BCUT2D eigenvalue weighted by atomic mass is 9.97. The van der Waals surface area contributed by atoms with Gasteiger partial charge in [0.1, 0.15) is 17.4 Å². The molecule has 3 aromatic carbocycles. The van der Waals surface area contributed by atoms with E-state index in [1.807, 2.05) is 31.2 Å². The minimum Gasteiger partial charge on any atom is -0.494 e. The van der Waals surface area contributed by atoms with E-state index < -0.39 is 0 Å². The average Bonchev–Trinajstić information content (AvgIpc) is 3.14. The molecule has 4 rings (SSSR count). The minimum absolute atomic E-state index is 0.294. The van der Waals surface area contributed by atoms with Crippen molar-refractivity contribution >= 4 is 11.4 Å². The molecule has 0 fully saturated rings. The van der Waals surface area contributed by atoms with Crippen molar-refractivity contribution in [2.75, 3.05) is 11.6 Å². The molecule has 28 heavy (non-hydrogen) atoms. The van der Waals surface area contributed by atoms with Crippen molar-refractivity contribution in [1.82, 2.24) is 0 Å². The first kappa shape index (κ1) is 18.2. The molecule has 1 aliphatic rings. The zero-order valence-electron chi connectivity index (χ0n) is 15.5. The molecule has 1 heterocycles. The third-order valence-corrected chi connectivity index (χ3v) is 4.75. The molecule has 0 bridgehead atoms. The van der Waals surface area contributed by atoms with E-state index in [2.05, 4.69) is 0 Å². The van der Waals surface area contributed by atoms with Gasteiger partial charge in [-0.15, -0.1) is 0 Å². The SMILES string of the molecule is CCOc1ccc(C2=NN(c3cccc(F)c3)[C@H](c3ccccc3F)C2)cc1. The van der Waals surface area contributed by atoms with Crippen molar-refractivity contribution in [2.45, 2.75) is 19.4 Å². The summed E-state index contributed by atoms with van der Waals surface area (Å²) in [6.07, 6.45) is 0.519. The lowest BCUT2D eigenvalue weighted by Crippen LogP contribution is -2.19. The summed E-state index contributed by atoms with van der Waals surface area (Å²) in [6.45, 7) is 2.54. The van der Waals surface area contributed by atoms with E-state index in [1.165, 1.54) is 18.2 Å². The Morgan fingerprint density at radius 1 is 1.00 bits per heavy atom. The maximum absolute atomic E-state index is 14.5. The van der Waals surface area contributed by atoms with Crippen LogP contribution in [0.3, 0.4) is 0 Å². The molecule has 1 atom stereocenters. The molecule has 0 saturated heterocycles. The van der Waals surface area contributed by atoms with E-state index in [0.29, 0.717) is 24.3 Å². The maximum Gasteiger partial charge on any atom is 0.128 e. The number of nitrogens with zero attached hydrogens (tertiary/aromatic N) is 2. The van der Waals surface area contributed by atoms with Crippen LogP contribution < -0.4 is 9.75 Å². The Labute approximate surface area is 162 Å². The van der Waals surface area contributed by atoms with Gasteiger partial charge >= 0.3 is 0 Å². The van der Waals surface area contributed by atoms with Crippen molar-refractivity contribution in [1.29, 1.82) is 0 Å². The van der Waals surface area contributed by atoms with Gasteiger partial charge in [-0.05, 0) is 61.0 Å². The second-order valence-electron chi connectivity index (χ2n) is 6.57. The summed E-state index contributed by atoms with van der Waals surface area (Å²) in [4.78, 5) is 0. The number of rotatable bonds is 5. The molecule has 0 radical (unpaired) electrons. The fourth-order valence-electron chi connectivity index (χ4n) is 3.44. The summed E-state index contributed by atoms with van der Waals surface area (Å²) in [6, 6.07) is 20.2. The maximum atomic E-state index is 14.5. The van der Waals surface area contributed by atoms with Gasteiger partial charge in [-0.25, -0.2) is 8.78 Å². The topological polar surface area (TPSA) is 24.8 Å². The molecule has 142 valence electrons. The fourth-order valence-corrected chi connectivity index (χ4v) is 3.44. The average molecular weight is 378 g/mol. The Morgan fingerprint density at radius 3 is 2.50 bits per heavy atom. The Kier molecular flexibility index (Phi) is 5.06. The first-order valence-corrected chi connectivity index (χ1v) is 9.25. The van der Waals surface area contributed by atoms with Crippen LogP contribution in [0.25, 0.3) is 0 Å². The van der Waals surface area contributed by atoms with Crippen LogP contribution in [0.4, 0.5) is 14.5 Å². The van der Waals surface area contributed by atoms with Crippen LogP contribution in [0.2, 0.25) is 0 Å². The zero-order chi connectivity index (χ0) is 19.5. The Morgan fingerprint density at radius 2 is 1.79 bits per heavy atom. The van der Waals surface area contributed by atoms with E-state index in [-0.39, 0.29) is 17.7 Å². The summed E-state index contributed by atoms with van der Waals surface area (Å²) >= 11 is 0. The number of anilines is 1. The molecule has 1 aliphatic heterocycles. The van der Waals surface area contributed by atoms with Gasteiger partial charge in [0.05, 0.1) is 24.0 Å². The van der Waals surface area contributed by atoms with Crippen LogP contribution in [-0.4, -0.2) is 12.3 Å². The van der Waals surface area contributed by atoms with Crippen LogP contribution in [0.15, 0.2) is 77.9 Å². The number of benzene rings is 3. The van der Waals surface area contributed by atoms with Gasteiger partial charge in [-0.3, -0.25) is 5.01 Å². The van der Waals surface area contributed by atoms with E-state index in [9.17, 15) is 8.78 Å². The molecule has 0 spiro atoms. The summed E-state index contributed by atoms with van der Waals surface area (Å²) in [5.41, 5.74) is 2.88. The minimum atomic E-state index is -0.352. The molecule has 0 N–H and O–H groups in total. The van der Waals surface area contributed by atoms with E-state index in [1.54, 1.807) is 35.3 Å². The van der Waals surface area contributed by atoms with Gasteiger partial charge in [0, 0.05) is 12.0 Å². The molecule has 3 aromatic rings.